The van der Waals surface area contributed by atoms with Crippen molar-refractivity contribution in [1.82, 2.24) is 0 Å². The number of nitrogens with zero attached hydrogens (tertiary/aromatic N) is 3. The number of unbranched alkanes of at least 4 members (excludes halogenated alkanes) is 4. The van der Waals surface area contributed by atoms with Crippen LogP contribution in [-0.2, 0) is 33.2 Å². The zero-order valence-electron chi connectivity index (χ0n) is 24.1. The lowest BCUT2D eigenvalue weighted by Gasteiger charge is -2.09. The molecular weight excluding hydrogens is 589 g/mol. The molecule has 1 aromatic rings. The number of benzene rings is 1. The second-order valence-electron chi connectivity index (χ2n) is 8.87. The van der Waals surface area contributed by atoms with Crippen LogP contribution in [0.15, 0.2) is 5.11 Å². The van der Waals surface area contributed by atoms with E-state index < -0.39 is 47.2 Å². The third-order valence-electron chi connectivity index (χ3n) is 5.51. The molecule has 0 aromatic heterocycles. The van der Waals surface area contributed by atoms with Crippen molar-refractivity contribution in [3.8, 4) is 5.75 Å². The van der Waals surface area contributed by atoms with Crippen LogP contribution in [0.5, 0.6) is 5.75 Å². The molecule has 0 amide bonds. The van der Waals surface area contributed by atoms with Crippen LogP contribution in [0.4, 0.5) is 22.0 Å². The molecule has 0 saturated heterocycles. The summed E-state index contributed by atoms with van der Waals surface area (Å²) in [6.07, 6.45) is 4.77. The second-order valence-corrected chi connectivity index (χ2v) is 8.87. The molecule has 0 aliphatic rings. The maximum atomic E-state index is 13.5. The third-order valence-corrected chi connectivity index (χ3v) is 5.51. The Balaban J connectivity index is 1.81. The minimum atomic E-state index is -2.33. The molecule has 0 atom stereocenters. The molecule has 1 rings (SSSR count). The van der Waals surface area contributed by atoms with Crippen molar-refractivity contribution < 1.29 is 59.9 Å². The van der Waals surface area contributed by atoms with Crippen LogP contribution in [0.25, 0.3) is 10.4 Å². The van der Waals surface area contributed by atoms with Gasteiger partial charge in [-0.15, -0.1) is 0 Å². The highest BCUT2D eigenvalue weighted by Gasteiger charge is 2.28. The third kappa shape index (κ3) is 18.6. The van der Waals surface area contributed by atoms with E-state index in [2.05, 4.69) is 14.8 Å². The van der Waals surface area contributed by atoms with Gasteiger partial charge in [0.1, 0.15) is 0 Å². The molecule has 0 radical (unpaired) electrons. The smallest absolute Gasteiger partial charge is 0.313 e. The standard InChI is InChI=1S/C27H40F5N3O8/c28-22-23(29)25(31)27(26(32)24(22)30)43-21(36)7-13-38-11-5-1-3-9-37-10-4-2-6-12-39-15-17-41-19-20-42-18-16-40-14-8-34-35-33/h1-20H2. The van der Waals surface area contributed by atoms with Crippen LogP contribution in [0, 0.1) is 29.1 Å². The van der Waals surface area contributed by atoms with E-state index in [1.54, 1.807) is 0 Å². The summed E-state index contributed by atoms with van der Waals surface area (Å²) in [5, 5.41) is 3.35. The summed E-state index contributed by atoms with van der Waals surface area (Å²) in [4.78, 5) is 14.3. The van der Waals surface area contributed by atoms with Gasteiger partial charge in [0.15, 0.2) is 0 Å². The maximum Gasteiger partial charge on any atom is 0.313 e. The number of carbonyl (C=O) groups is 1. The highest BCUT2D eigenvalue weighted by molar-refractivity contribution is 5.72. The Hall–Kier alpha value is -2.59. The van der Waals surface area contributed by atoms with E-state index in [0.717, 1.165) is 32.1 Å². The molecule has 1 aromatic carbocycles. The Morgan fingerprint density at radius 2 is 0.907 bits per heavy atom. The van der Waals surface area contributed by atoms with Crippen LogP contribution >= 0.6 is 0 Å². The number of carbonyl (C=O) groups excluding carboxylic acids is 1. The van der Waals surface area contributed by atoms with Gasteiger partial charge in [-0.05, 0) is 44.1 Å². The summed E-state index contributed by atoms with van der Waals surface area (Å²) in [5.74, 6) is -13.9. The van der Waals surface area contributed by atoms with Crippen LogP contribution in [-0.4, -0.2) is 91.8 Å². The van der Waals surface area contributed by atoms with Crippen molar-refractivity contribution in [2.24, 2.45) is 5.11 Å². The monoisotopic (exact) mass is 629 g/mol. The van der Waals surface area contributed by atoms with Gasteiger partial charge in [0.25, 0.3) is 0 Å². The molecule has 0 unspecified atom stereocenters. The molecule has 0 spiro atoms. The fourth-order valence-electron chi connectivity index (χ4n) is 3.28. The van der Waals surface area contributed by atoms with Crippen molar-refractivity contribution in [1.29, 1.82) is 0 Å². The average Bonchev–Trinajstić information content (AvgIpc) is 3.00. The van der Waals surface area contributed by atoms with Gasteiger partial charge in [0.2, 0.25) is 34.8 Å². The van der Waals surface area contributed by atoms with Gasteiger partial charge in [-0.1, -0.05) is 5.11 Å². The topological polar surface area (TPSA) is 130 Å². The zero-order chi connectivity index (χ0) is 31.5. The van der Waals surface area contributed by atoms with Gasteiger partial charge in [-0.25, -0.2) is 13.2 Å². The summed E-state index contributed by atoms with van der Waals surface area (Å²) < 4.78 is 103. The fourth-order valence-corrected chi connectivity index (χ4v) is 3.28. The largest absolute Gasteiger partial charge is 0.420 e. The minimum Gasteiger partial charge on any atom is -0.420 e. The fraction of sp³-hybridized carbons (Fsp3) is 0.741. The molecule has 0 aliphatic carbocycles. The highest BCUT2D eigenvalue weighted by atomic mass is 19.2. The van der Waals surface area contributed by atoms with Crippen molar-refractivity contribution in [2.75, 3.05) is 85.8 Å². The SMILES string of the molecule is [N-]=[N+]=NCCOCCOCCOCCOCCCCCOCCCCCOCCC(=O)Oc1c(F)c(F)c(F)c(F)c1F. The molecule has 0 N–H and O–H groups in total. The highest BCUT2D eigenvalue weighted by Crippen LogP contribution is 2.29. The molecule has 0 heterocycles. The lowest BCUT2D eigenvalue weighted by atomic mass is 10.2. The molecule has 0 aliphatic heterocycles. The van der Waals surface area contributed by atoms with E-state index in [4.69, 9.17) is 34.0 Å². The number of rotatable bonds is 28. The Morgan fingerprint density at radius 3 is 1.37 bits per heavy atom. The summed E-state index contributed by atoms with van der Waals surface area (Å²) >= 11 is 0. The first-order valence-corrected chi connectivity index (χ1v) is 14.1. The van der Waals surface area contributed by atoms with Crippen molar-refractivity contribution in [2.45, 2.75) is 44.9 Å². The number of hydrogen-bond donors (Lipinski definition) is 0. The van der Waals surface area contributed by atoms with E-state index in [1.807, 2.05) is 0 Å². The Labute approximate surface area is 247 Å². The van der Waals surface area contributed by atoms with Gasteiger partial charge >= 0.3 is 5.97 Å². The molecule has 0 bridgehead atoms. The van der Waals surface area contributed by atoms with Gasteiger partial charge in [0.05, 0.1) is 59.3 Å². The van der Waals surface area contributed by atoms with E-state index in [9.17, 15) is 26.7 Å². The molecule has 16 heteroatoms. The molecule has 246 valence electrons. The maximum absolute atomic E-state index is 13.5. The van der Waals surface area contributed by atoms with Crippen molar-refractivity contribution in [3.05, 3.63) is 39.5 Å². The number of halogens is 5. The average molecular weight is 630 g/mol. The van der Waals surface area contributed by atoms with E-state index in [1.165, 1.54) is 0 Å². The first-order chi connectivity index (χ1) is 20.9. The molecule has 0 fully saturated rings. The van der Waals surface area contributed by atoms with Crippen molar-refractivity contribution in [3.63, 3.8) is 0 Å². The van der Waals surface area contributed by atoms with Gasteiger partial charge < -0.3 is 33.2 Å². The summed E-state index contributed by atoms with van der Waals surface area (Å²) in [6, 6.07) is 0. The number of ether oxygens (including phenoxy) is 7. The van der Waals surface area contributed by atoms with Crippen LogP contribution < -0.4 is 4.74 Å². The summed E-state index contributed by atoms with van der Waals surface area (Å²) in [5.41, 5.74) is 8.12. The first-order valence-electron chi connectivity index (χ1n) is 14.1. The number of hydrogen-bond acceptors (Lipinski definition) is 9. The molecule has 11 nitrogen and oxygen atoms in total. The molecule has 0 saturated carbocycles. The van der Waals surface area contributed by atoms with Gasteiger partial charge in [-0.3, -0.25) is 4.79 Å². The Morgan fingerprint density at radius 1 is 0.535 bits per heavy atom. The summed E-state index contributed by atoms with van der Waals surface area (Å²) in [6.45, 7) is 5.65. The second kappa shape index (κ2) is 25.9. The summed E-state index contributed by atoms with van der Waals surface area (Å²) in [7, 11) is 0. The lowest BCUT2D eigenvalue weighted by Crippen LogP contribution is -2.15. The quantitative estimate of drug-likeness (QED) is 0.0138. The zero-order valence-corrected chi connectivity index (χ0v) is 24.1. The number of azide groups is 1. The Kier molecular flexibility index (Phi) is 23.1. The first kappa shape index (κ1) is 38.4. The van der Waals surface area contributed by atoms with Crippen LogP contribution in [0.1, 0.15) is 44.9 Å². The lowest BCUT2D eigenvalue weighted by molar-refractivity contribution is -0.136. The van der Waals surface area contributed by atoms with Crippen LogP contribution in [0.3, 0.4) is 0 Å². The van der Waals surface area contributed by atoms with E-state index in [-0.39, 0.29) is 6.61 Å². The molecule has 43 heavy (non-hydrogen) atoms. The van der Waals surface area contributed by atoms with Crippen molar-refractivity contribution >= 4 is 5.97 Å². The normalized spacial score (nSPS) is 11.1. The Bertz CT molecular complexity index is 929. The van der Waals surface area contributed by atoms with Crippen LogP contribution in [0.2, 0.25) is 0 Å². The van der Waals surface area contributed by atoms with E-state index in [0.29, 0.717) is 85.6 Å². The van der Waals surface area contributed by atoms with E-state index >= 15 is 0 Å². The minimum absolute atomic E-state index is 0.128. The van der Waals surface area contributed by atoms with Gasteiger partial charge in [-0.2, -0.15) is 8.78 Å². The number of esters is 1. The predicted octanol–water partition coefficient (Wildman–Crippen LogP) is 5.43. The predicted molar refractivity (Wildman–Crippen MR) is 143 cm³/mol. The molecular formula is C27H40F5N3O8. The van der Waals surface area contributed by atoms with Gasteiger partial charge in [0, 0.05) is 37.9 Å².